The molecule has 1 atom stereocenters. The zero-order chi connectivity index (χ0) is 25.1. The second-order valence-corrected chi connectivity index (χ2v) is 11.7. The highest BCUT2D eigenvalue weighted by Crippen LogP contribution is 2.19. The van der Waals surface area contributed by atoms with E-state index in [9.17, 15) is 0 Å². The van der Waals surface area contributed by atoms with E-state index in [4.69, 9.17) is 13.3 Å². The third-order valence-corrected chi connectivity index (χ3v) is 8.25. The van der Waals surface area contributed by atoms with Crippen molar-refractivity contribution in [2.75, 3.05) is 39.5 Å². The summed E-state index contributed by atoms with van der Waals surface area (Å²) in [5.41, 5.74) is 0. The van der Waals surface area contributed by atoms with Gasteiger partial charge in [0.1, 0.15) is 0 Å². The fourth-order valence-corrected chi connectivity index (χ4v) is 5.77. The quantitative estimate of drug-likeness (QED) is 0.0795. The molecular formula is C29H63NO3Si. The molecule has 0 aliphatic carbocycles. The molecule has 34 heavy (non-hydrogen) atoms. The zero-order valence-corrected chi connectivity index (χ0v) is 25.2. The van der Waals surface area contributed by atoms with Gasteiger partial charge in [0.2, 0.25) is 0 Å². The van der Waals surface area contributed by atoms with Crippen LogP contribution < -0.4 is 0 Å². The van der Waals surface area contributed by atoms with Gasteiger partial charge in [0.25, 0.3) is 0 Å². The maximum absolute atomic E-state index is 6.25. The topological polar surface area (TPSA) is 30.9 Å². The Morgan fingerprint density at radius 2 is 0.971 bits per heavy atom. The molecule has 0 saturated heterocycles. The first-order valence-electron chi connectivity index (χ1n) is 15.3. The largest absolute Gasteiger partial charge is 0.484 e. The van der Waals surface area contributed by atoms with E-state index >= 15 is 0 Å². The van der Waals surface area contributed by atoms with Crippen molar-refractivity contribution in [1.82, 2.24) is 4.90 Å². The first-order valence-corrected chi connectivity index (χ1v) is 16.7. The van der Waals surface area contributed by atoms with Crippen LogP contribution in [0.3, 0.4) is 0 Å². The van der Waals surface area contributed by atoms with Gasteiger partial charge in [-0.3, -0.25) is 0 Å². The SMILES string of the molecule is CCCCCCO[SiH](OCCCCCC)OCCC(CCC)CCCN(CCCC)CCCC. The molecule has 1 unspecified atom stereocenters. The number of unbranched alkanes of at least 4 members (excludes halogenated alkanes) is 8. The Balaban J connectivity index is 4.38. The highest BCUT2D eigenvalue weighted by Gasteiger charge is 2.17. The molecule has 0 rings (SSSR count). The summed E-state index contributed by atoms with van der Waals surface area (Å²) in [6.07, 6.45) is 21.5. The highest BCUT2D eigenvalue weighted by atomic mass is 28.3. The smallest absolute Gasteiger partial charge is 0.376 e. The average Bonchev–Trinajstić information content (AvgIpc) is 2.84. The highest BCUT2D eigenvalue weighted by molar-refractivity contribution is 6.36. The van der Waals surface area contributed by atoms with E-state index in [1.807, 2.05) is 0 Å². The van der Waals surface area contributed by atoms with E-state index in [0.29, 0.717) is 0 Å². The van der Waals surface area contributed by atoms with Crippen LogP contribution in [0.15, 0.2) is 0 Å². The molecule has 206 valence electrons. The molecule has 0 fully saturated rings. The Labute approximate surface area is 216 Å². The van der Waals surface area contributed by atoms with Crippen molar-refractivity contribution in [2.45, 2.75) is 144 Å². The molecule has 0 radical (unpaired) electrons. The van der Waals surface area contributed by atoms with Gasteiger partial charge in [-0.25, -0.2) is 0 Å². The fourth-order valence-electron chi connectivity index (χ4n) is 4.44. The van der Waals surface area contributed by atoms with Gasteiger partial charge >= 0.3 is 9.53 Å². The summed E-state index contributed by atoms with van der Waals surface area (Å²) in [5, 5.41) is 0. The normalized spacial score (nSPS) is 12.8. The van der Waals surface area contributed by atoms with Crippen LogP contribution in [-0.4, -0.2) is 53.9 Å². The van der Waals surface area contributed by atoms with Crippen molar-refractivity contribution >= 4 is 9.53 Å². The van der Waals surface area contributed by atoms with Crippen LogP contribution >= 0.6 is 0 Å². The Kier molecular flexibility index (Phi) is 27.7. The summed E-state index contributed by atoms with van der Waals surface area (Å²) in [7, 11) is -1.99. The van der Waals surface area contributed by atoms with Gasteiger partial charge in [-0.2, -0.15) is 0 Å². The van der Waals surface area contributed by atoms with Crippen LogP contribution in [0.25, 0.3) is 0 Å². The number of hydrogen-bond acceptors (Lipinski definition) is 4. The maximum Gasteiger partial charge on any atom is 0.484 e. The summed E-state index contributed by atoms with van der Waals surface area (Å²) in [6, 6.07) is 0. The molecular weight excluding hydrogens is 438 g/mol. The molecule has 0 aromatic heterocycles. The lowest BCUT2D eigenvalue weighted by atomic mass is 9.95. The van der Waals surface area contributed by atoms with Gasteiger partial charge < -0.3 is 18.2 Å². The third-order valence-electron chi connectivity index (χ3n) is 6.72. The molecule has 0 spiro atoms. The van der Waals surface area contributed by atoms with E-state index in [2.05, 4.69) is 39.5 Å². The lowest BCUT2D eigenvalue weighted by Gasteiger charge is -2.24. The minimum atomic E-state index is -1.99. The molecule has 0 saturated carbocycles. The van der Waals surface area contributed by atoms with E-state index < -0.39 is 9.53 Å². The Hall–Kier alpha value is 0.0569. The molecule has 0 aliphatic heterocycles. The molecule has 0 heterocycles. The lowest BCUT2D eigenvalue weighted by Crippen LogP contribution is -2.29. The van der Waals surface area contributed by atoms with Gasteiger partial charge in [0.15, 0.2) is 0 Å². The number of rotatable bonds is 28. The zero-order valence-electron chi connectivity index (χ0n) is 24.1. The molecule has 5 heteroatoms. The lowest BCUT2D eigenvalue weighted by molar-refractivity contribution is 0.0842. The van der Waals surface area contributed by atoms with E-state index in [1.165, 1.54) is 110 Å². The van der Waals surface area contributed by atoms with Crippen LogP contribution in [0.4, 0.5) is 0 Å². The second-order valence-electron chi connectivity index (χ2n) is 10.2. The number of hydrogen-bond donors (Lipinski definition) is 0. The Morgan fingerprint density at radius 3 is 1.47 bits per heavy atom. The summed E-state index contributed by atoms with van der Waals surface area (Å²) in [4.78, 5) is 2.70. The van der Waals surface area contributed by atoms with Crippen molar-refractivity contribution in [3.05, 3.63) is 0 Å². The predicted octanol–water partition coefficient (Wildman–Crippen LogP) is 8.40. The van der Waals surface area contributed by atoms with Gasteiger partial charge in [0.05, 0.1) is 0 Å². The van der Waals surface area contributed by atoms with E-state index in [0.717, 1.165) is 45.0 Å². The van der Waals surface area contributed by atoms with Gasteiger partial charge in [0, 0.05) is 19.8 Å². The maximum atomic E-state index is 6.25. The standard InChI is InChI=1S/C29H63NO3Si/c1-6-11-15-17-26-31-34(32-27-18-16-12-7-2)33-28-22-29(20-10-5)21-19-25-30(23-13-8-3)24-14-9-4/h29,34H,6-28H2,1-5H3. The number of nitrogens with zero attached hydrogens (tertiary/aromatic N) is 1. The van der Waals surface area contributed by atoms with Crippen LogP contribution in [-0.2, 0) is 13.3 Å². The molecule has 0 N–H and O–H groups in total. The van der Waals surface area contributed by atoms with Crippen molar-refractivity contribution < 1.29 is 13.3 Å². The van der Waals surface area contributed by atoms with Gasteiger partial charge in [-0.1, -0.05) is 98.8 Å². The third kappa shape index (κ3) is 22.5. The fraction of sp³-hybridized carbons (Fsp3) is 1.00. The molecule has 0 aromatic carbocycles. The van der Waals surface area contributed by atoms with Crippen LogP contribution in [0.1, 0.15) is 144 Å². The molecule has 0 bridgehead atoms. The predicted molar refractivity (Wildman–Crippen MR) is 152 cm³/mol. The summed E-state index contributed by atoms with van der Waals surface area (Å²) in [6.45, 7) is 17.6. The van der Waals surface area contributed by atoms with Crippen molar-refractivity contribution in [2.24, 2.45) is 5.92 Å². The summed E-state index contributed by atoms with van der Waals surface area (Å²) >= 11 is 0. The van der Waals surface area contributed by atoms with Gasteiger partial charge in [-0.15, -0.1) is 0 Å². The van der Waals surface area contributed by atoms with Crippen molar-refractivity contribution in [1.29, 1.82) is 0 Å². The monoisotopic (exact) mass is 501 g/mol. The minimum Gasteiger partial charge on any atom is -0.376 e. The Morgan fingerprint density at radius 1 is 0.471 bits per heavy atom. The first kappa shape index (κ1) is 34.1. The Bertz CT molecular complexity index is 364. The molecule has 4 nitrogen and oxygen atoms in total. The van der Waals surface area contributed by atoms with Crippen LogP contribution in [0.5, 0.6) is 0 Å². The van der Waals surface area contributed by atoms with Crippen LogP contribution in [0, 0.1) is 5.92 Å². The van der Waals surface area contributed by atoms with Crippen LogP contribution in [0.2, 0.25) is 0 Å². The molecule has 0 aliphatic rings. The van der Waals surface area contributed by atoms with E-state index in [-0.39, 0.29) is 0 Å². The first-order chi connectivity index (χ1) is 16.7. The molecule has 0 aromatic rings. The van der Waals surface area contributed by atoms with Gasteiger partial charge in [-0.05, 0) is 70.5 Å². The summed E-state index contributed by atoms with van der Waals surface area (Å²) < 4.78 is 18.5. The average molecular weight is 502 g/mol. The van der Waals surface area contributed by atoms with Crippen molar-refractivity contribution in [3.63, 3.8) is 0 Å². The molecule has 0 amide bonds. The second kappa shape index (κ2) is 27.6. The summed E-state index contributed by atoms with van der Waals surface area (Å²) in [5.74, 6) is 0.771. The van der Waals surface area contributed by atoms with Crippen molar-refractivity contribution in [3.8, 4) is 0 Å². The minimum absolute atomic E-state index is 0.771. The van der Waals surface area contributed by atoms with E-state index in [1.54, 1.807) is 0 Å².